The summed E-state index contributed by atoms with van der Waals surface area (Å²) in [5.74, 6) is 1.32. The van der Waals surface area contributed by atoms with Gasteiger partial charge in [0.2, 0.25) is 0 Å². The van der Waals surface area contributed by atoms with Crippen LogP contribution in [-0.2, 0) is 4.74 Å². The second kappa shape index (κ2) is 5.93. The third-order valence-electron chi connectivity index (χ3n) is 2.89. The smallest absolute Gasteiger partial charge is 0.136 e. The largest absolute Gasteiger partial charge is 0.389 e. The van der Waals surface area contributed by atoms with Crippen molar-refractivity contribution in [2.24, 2.45) is 11.7 Å². The van der Waals surface area contributed by atoms with Crippen molar-refractivity contribution in [1.82, 2.24) is 4.98 Å². The Morgan fingerprint density at radius 2 is 2.53 bits per heavy atom. The van der Waals surface area contributed by atoms with Gasteiger partial charge in [-0.05, 0) is 30.9 Å². The molecule has 1 aromatic rings. The Bertz CT molecular complexity index is 391. The maximum absolute atomic E-state index is 5.65. The van der Waals surface area contributed by atoms with Crippen LogP contribution in [0.25, 0.3) is 0 Å². The number of anilines is 1. The number of rotatable bonds is 4. The minimum absolute atomic E-state index is 0.375. The monoisotopic (exact) mass is 251 g/mol. The standard InChI is InChI=1S/C12H17N3OS/c13-11(17)10-4-1-5-14-12(10)15-7-9-3-2-6-16-8-9/h1,4-5,9H,2-3,6-8H2,(H2,13,17)(H,14,15). The Kier molecular flexibility index (Phi) is 4.28. The molecule has 0 aromatic carbocycles. The quantitative estimate of drug-likeness (QED) is 0.795. The molecule has 2 heterocycles. The summed E-state index contributed by atoms with van der Waals surface area (Å²) in [5, 5.41) is 3.31. The first kappa shape index (κ1) is 12.3. The Hall–Kier alpha value is -1.20. The van der Waals surface area contributed by atoms with Crippen molar-refractivity contribution >= 4 is 23.0 Å². The van der Waals surface area contributed by atoms with Crippen LogP contribution in [0.1, 0.15) is 18.4 Å². The summed E-state index contributed by atoms with van der Waals surface area (Å²) >= 11 is 4.99. The fourth-order valence-corrected chi connectivity index (χ4v) is 2.12. The van der Waals surface area contributed by atoms with Crippen LogP contribution in [0.15, 0.2) is 18.3 Å². The van der Waals surface area contributed by atoms with Crippen molar-refractivity contribution in [3.05, 3.63) is 23.9 Å². The molecule has 1 fully saturated rings. The molecule has 1 aliphatic heterocycles. The second-order valence-electron chi connectivity index (χ2n) is 4.23. The SMILES string of the molecule is NC(=S)c1cccnc1NCC1CCCOC1. The topological polar surface area (TPSA) is 60.2 Å². The van der Waals surface area contributed by atoms with E-state index in [0.717, 1.165) is 37.6 Å². The van der Waals surface area contributed by atoms with E-state index in [4.69, 9.17) is 22.7 Å². The van der Waals surface area contributed by atoms with Crippen LogP contribution in [0.5, 0.6) is 0 Å². The molecular formula is C12H17N3OS. The van der Waals surface area contributed by atoms with Crippen molar-refractivity contribution in [1.29, 1.82) is 0 Å². The number of pyridine rings is 1. The summed E-state index contributed by atoms with van der Waals surface area (Å²) < 4.78 is 5.44. The third kappa shape index (κ3) is 3.38. The third-order valence-corrected chi connectivity index (χ3v) is 3.11. The lowest BCUT2D eigenvalue weighted by Gasteiger charge is -2.22. The van der Waals surface area contributed by atoms with Crippen molar-refractivity contribution in [3.8, 4) is 0 Å². The second-order valence-corrected chi connectivity index (χ2v) is 4.67. The van der Waals surface area contributed by atoms with E-state index in [0.29, 0.717) is 10.9 Å². The maximum atomic E-state index is 5.65. The van der Waals surface area contributed by atoms with E-state index in [1.165, 1.54) is 6.42 Å². The zero-order valence-corrected chi connectivity index (χ0v) is 10.5. The number of nitrogens with zero attached hydrogens (tertiary/aromatic N) is 1. The molecule has 1 unspecified atom stereocenters. The van der Waals surface area contributed by atoms with Crippen LogP contribution in [-0.4, -0.2) is 29.7 Å². The molecule has 17 heavy (non-hydrogen) atoms. The van der Waals surface area contributed by atoms with Gasteiger partial charge in [0.05, 0.1) is 12.2 Å². The van der Waals surface area contributed by atoms with Crippen molar-refractivity contribution in [2.45, 2.75) is 12.8 Å². The van der Waals surface area contributed by atoms with Crippen LogP contribution in [0.3, 0.4) is 0 Å². The molecule has 0 spiro atoms. The molecule has 1 atom stereocenters. The molecule has 0 bridgehead atoms. The summed E-state index contributed by atoms with van der Waals surface area (Å²) in [6.07, 6.45) is 4.07. The van der Waals surface area contributed by atoms with E-state index in [1.807, 2.05) is 12.1 Å². The van der Waals surface area contributed by atoms with Gasteiger partial charge in [0.1, 0.15) is 10.8 Å². The predicted molar refractivity (Wildman–Crippen MR) is 72.2 cm³/mol. The maximum Gasteiger partial charge on any atom is 0.136 e. The van der Waals surface area contributed by atoms with E-state index in [1.54, 1.807) is 6.20 Å². The summed E-state index contributed by atoms with van der Waals surface area (Å²) in [7, 11) is 0. The summed E-state index contributed by atoms with van der Waals surface area (Å²) in [5.41, 5.74) is 6.45. The zero-order valence-electron chi connectivity index (χ0n) is 9.69. The molecule has 0 amide bonds. The van der Waals surface area contributed by atoms with Crippen molar-refractivity contribution in [2.75, 3.05) is 25.1 Å². The van der Waals surface area contributed by atoms with Gasteiger partial charge < -0.3 is 15.8 Å². The van der Waals surface area contributed by atoms with E-state index in [2.05, 4.69) is 10.3 Å². The average Bonchev–Trinajstić information content (AvgIpc) is 2.38. The minimum atomic E-state index is 0.375. The Morgan fingerprint density at radius 1 is 1.65 bits per heavy atom. The molecule has 1 saturated heterocycles. The number of hydrogen-bond acceptors (Lipinski definition) is 4. The first-order valence-corrected chi connectivity index (χ1v) is 6.24. The normalized spacial score (nSPS) is 19.9. The molecule has 1 aliphatic rings. The Balaban J connectivity index is 1.96. The molecule has 0 saturated carbocycles. The van der Waals surface area contributed by atoms with E-state index < -0.39 is 0 Å². The van der Waals surface area contributed by atoms with Gasteiger partial charge in [0.25, 0.3) is 0 Å². The molecule has 1 aromatic heterocycles. The first-order chi connectivity index (χ1) is 8.27. The lowest BCUT2D eigenvalue weighted by atomic mass is 10.0. The molecule has 0 radical (unpaired) electrons. The van der Waals surface area contributed by atoms with Crippen LogP contribution in [0.2, 0.25) is 0 Å². The molecule has 2 rings (SSSR count). The van der Waals surface area contributed by atoms with Crippen LogP contribution in [0.4, 0.5) is 5.82 Å². The molecular weight excluding hydrogens is 234 g/mol. The summed E-state index contributed by atoms with van der Waals surface area (Å²) in [6.45, 7) is 2.56. The van der Waals surface area contributed by atoms with Crippen molar-refractivity contribution < 1.29 is 4.74 Å². The minimum Gasteiger partial charge on any atom is -0.389 e. The number of hydrogen-bond donors (Lipinski definition) is 2. The fraction of sp³-hybridized carbons (Fsp3) is 0.500. The van der Waals surface area contributed by atoms with Crippen LogP contribution in [0, 0.1) is 5.92 Å². The molecule has 0 aliphatic carbocycles. The van der Waals surface area contributed by atoms with Gasteiger partial charge in [0, 0.05) is 19.3 Å². The van der Waals surface area contributed by atoms with E-state index >= 15 is 0 Å². The number of nitrogens with one attached hydrogen (secondary N) is 1. The number of aromatic nitrogens is 1. The average molecular weight is 251 g/mol. The van der Waals surface area contributed by atoms with Gasteiger partial charge in [-0.3, -0.25) is 0 Å². The van der Waals surface area contributed by atoms with Crippen LogP contribution < -0.4 is 11.1 Å². The van der Waals surface area contributed by atoms with Gasteiger partial charge in [-0.2, -0.15) is 0 Å². The van der Waals surface area contributed by atoms with Gasteiger partial charge in [-0.25, -0.2) is 4.98 Å². The van der Waals surface area contributed by atoms with Gasteiger partial charge in [-0.15, -0.1) is 0 Å². The van der Waals surface area contributed by atoms with Crippen molar-refractivity contribution in [3.63, 3.8) is 0 Å². The fourth-order valence-electron chi connectivity index (χ4n) is 1.95. The number of thiocarbonyl (C=S) groups is 1. The van der Waals surface area contributed by atoms with Crippen LogP contribution >= 0.6 is 12.2 Å². The molecule has 3 N–H and O–H groups in total. The highest BCUT2D eigenvalue weighted by Gasteiger charge is 2.14. The number of ether oxygens (including phenoxy) is 1. The van der Waals surface area contributed by atoms with E-state index in [-0.39, 0.29) is 0 Å². The first-order valence-electron chi connectivity index (χ1n) is 5.84. The summed E-state index contributed by atoms with van der Waals surface area (Å²) in [6, 6.07) is 3.72. The Morgan fingerprint density at radius 3 is 3.24 bits per heavy atom. The lowest BCUT2D eigenvalue weighted by molar-refractivity contribution is 0.0595. The summed E-state index contributed by atoms with van der Waals surface area (Å²) in [4.78, 5) is 4.64. The highest BCUT2D eigenvalue weighted by atomic mass is 32.1. The highest BCUT2D eigenvalue weighted by Crippen LogP contribution is 2.16. The highest BCUT2D eigenvalue weighted by molar-refractivity contribution is 7.80. The Labute approximate surface area is 107 Å². The van der Waals surface area contributed by atoms with E-state index in [9.17, 15) is 0 Å². The van der Waals surface area contributed by atoms with Gasteiger partial charge >= 0.3 is 0 Å². The van der Waals surface area contributed by atoms with Gasteiger partial charge in [0.15, 0.2) is 0 Å². The van der Waals surface area contributed by atoms with Gasteiger partial charge in [-0.1, -0.05) is 12.2 Å². The molecule has 4 nitrogen and oxygen atoms in total. The predicted octanol–water partition coefficient (Wildman–Crippen LogP) is 1.55. The zero-order chi connectivity index (χ0) is 12.1. The molecule has 92 valence electrons. The lowest BCUT2D eigenvalue weighted by Crippen LogP contribution is -2.25. The number of nitrogens with two attached hydrogens (primary N) is 1. The molecule has 5 heteroatoms.